The van der Waals surface area contributed by atoms with Crippen LogP contribution < -0.4 is 9.30 Å². The third-order valence-electron chi connectivity index (χ3n) is 2.89. The zero-order chi connectivity index (χ0) is 14.4. The van der Waals surface area contributed by atoms with E-state index >= 15 is 0 Å². The molecule has 0 amide bonds. The number of carbonyl (C=O) groups is 1. The van der Waals surface area contributed by atoms with Crippen LogP contribution >= 0.6 is 0 Å². The van der Waals surface area contributed by atoms with E-state index in [9.17, 15) is 4.79 Å². The van der Waals surface area contributed by atoms with Crippen molar-refractivity contribution in [1.82, 2.24) is 0 Å². The van der Waals surface area contributed by atoms with Gasteiger partial charge in [0.2, 0.25) is 0 Å². The van der Waals surface area contributed by atoms with Crippen molar-refractivity contribution in [1.29, 1.82) is 0 Å². The standard InChI is InChI=1S/C16H18NO3/c1-13-5-3-7-15(11-13)20-10-9-17-8-4-6-14(12-17)16(18)19-2/h3-8,11-12H,9-10H2,1-2H3/q+1. The highest BCUT2D eigenvalue weighted by Gasteiger charge is 2.10. The van der Waals surface area contributed by atoms with Crippen LogP contribution in [0, 0.1) is 6.92 Å². The first-order chi connectivity index (χ1) is 9.69. The molecule has 4 heteroatoms. The largest absolute Gasteiger partial charge is 0.487 e. The summed E-state index contributed by atoms with van der Waals surface area (Å²) in [6.45, 7) is 3.24. The third kappa shape index (κ3) is 3.82. The fraction of sp³-hybridized carbons (Fsp3) is 0.250. The predicted octanol–water partition coefficient (Wildman–Crippen LogP) is 2.15. The van der Waals surface area contributed by atoms with E-state index in [1.165, 1.54) is 12.7 Å². The van der Waals surface area contributed by atoms with E-state index in [0.717, 1.165) is 5.75 Å². The summed E-state index contributed by atoms with van der Waals surface area (Å²) in [6.07, 6.45) is 3.65. The number of benzene rings is 1. The zero-order valence-corrected chi connectivity index (χ0v) is 11.7. The summed E-state index contributed by atoms with van der Waals surface area (Å²) in [5, 5.41) is 0. The number of hydrogen-bond acceptors (Lipinski definition) is 3. The van der Waals surface area contributed by atoms with Crippen LogP contribution in [0.5, 0.6) is 5.75 Å². The minimum atomic E-state index is -0.334. The normalized spacial score (nSPS) is 10.1. The lowest BCUT2D eigenvalue weighted by atomic mass is 10.2. The van der Waals surface area contributed by atoms with E-state index in [1.54, 1.807) is 12.3 Å². The summed E-state index contributed by atoms with van der Waals surface area (Å²) in [5.74, 6) is 0.522. The van der Waals surface area contributed by atoms with Crippen molar-refractivity contribution in [3.8, 4) is 5.75 Å². The number of carbonyl (C=O) groups excluding carboxylic acids is 1. The molecule has 4 nitrogen and oxygen atoms in total. The average Bonchev–Trinajstić information content (AvgIpc) is 2.47. The van der Waals surface area contributed by atoms with Crippen molar-refractivity contribution in [3.63, 3.8) is 0 Å². The lowest BCUT2D eigenvalue weighted by molar-refractivity contribution is -0.697. The van der Waals surface area contributed by atoms with Gasteiger partial charge in [0, 0.05) is 6.07 Å². The van der Waals surface area contributed by atoms with Crippen LogP contribution in [0.3, 0.4) is 0 Å². The molecule has 0 bridgehead atoms. The third-order valence-corrected chi connectivity index (χ3v) is 2.89. The maximum atomic E-state index is 11.4. The van der Waals surface area contributed by atoms with E-state index in [0.29, 0.717) is 18.7 Å². The molecule has 0 unspecified atom stereocenters. The number of methoxy groups -OCH3 is 1. The van der Waals surface area contributed by atoms with E-state index in [1.807, 2.05) is 48.0 Å². The molecule has 0 atom stereocenters. The van der Waals surface area contributed by atoms with Crippen LogP contribution in [-0.4, -0.2) is 19.7 Å². The highest BCUT2D eigenvalue weighted by molar-refractivity contribution is 5.88. The maximum Gasteiger partial charge on any atom is 0.343 e. The van der Waals surface area contributed by atoms with Gasteiger partial charge in [-0.25, -0.2) is 9.36 Å². The Morgan fingerprint density at radius 1 is 1.25 bits per heavy atom. The van der Waals surface area contributed by atoms with Gasteiger partial charge in [0.25, 0.3) is 0 Å². The lowest BCUT2D eigenvalue weighted by Crippen LogP contribution is -2.36. The fourth-order valence-electron chi connectivity index (χ4n) is 1.87. The summed E-state index contributed by atoms with van der Waals surface area (Å²) in [5.41, 5.74) is 1.70. The van der Waals surface area contributed by atoms with E-state index in [4.69, 9.17) is 9.47 Å². The summed E-state index contributed by atoms with van der Waals surface area (Å²) >= 11 is 0. The minimum absolute atomic E-state index is 0.334. The molecule has 0 saturated heterocycles. The topological polar surface area (TPSA) is 39.4 Å². The molecule has 0 aliphatic heterocycles. The van der Waals surface area contributed by atoms with Gasteiger partial charge in [-0.15, -0.1) is 0 Å². The van der Waals surface area contributed by atoms with Crippen molar-refractivity contribution in [2.75, 3.05) is 13.7 Å². The molecule has 1 heterocycles. The maximum absolute atomic E-state index is 11.4. The fourth-order valence-corrected chi connectivity index (χ4v) is 1.87. The van der Waals surface area contributed by atoms with Crippen LogP contribution in [0.4, 0.5) is 0 Å². The van der Waals surface area contributed by atoms with Gasteiger partial charge in [-0.2, -0.15) is 0 Å². The van der Waals surface area contributed by atoms with Crippen molar-refractivity contribution < 1.29 is 18.8 Å². The van der Waals surface area contributed by atoms with Gasteiger partial charge in [-0.3, -0.25) is 0 Å². The second kappa shape index (κ2) is 6.70. The number of rotatable bonds is 5. The van der Waals surface area contributed by atoms with Gasteiger partial charge in [-0.05, 0) is 30.7 Å². The highest BCUT2D eigenvalue weighted by atomic mass is 16.5. The highest BCUT2D eigenvalue weighted by Crippen LogP contribution is 2.11. The molecule has 0 spiro atoms. The first-order valence-corrected chi connectivity index (χ1v) is 6.46. The molecule has 0 fully saturated rings. The molecule has 104 valence electrons. The Morgan fingerprint density at radius 3 is 2.85 bits per heavy atom. The smallest absolute Gasteiger partial charge is 0.343 e. The second-order valence-corrected chi connectivity index (χ2v) is 4.49. The van der Waals surface area contributed by atoms with Gasteiger partial charge in [-0.1, -0.05) is 12.1 Å². The van der Waals surface area contributed by atoms with Crippen LogP contribution in [0.25, 0.3) is 0 Å². The quantitative estimate of drug-likeness (QED) is 0.618. The Balaban J connectivity index is 1.92. The Labute approximate surface area is 118 Å². The van der Waals surface area contributed by atoms with Gasteiger partial charge >= 0.3 is 5.97 Å². The van der Waals surface area contributed by atoms with Gasteiger partial charge in [0.1, 0.15) is 17.9 Å². The summed E-state index contributed by atoms with van der Waals surface area (Å²) in [6, 6.07) is 11.5. The minimum Gasteiger partial charge on any atom is -0.487 e. The van der Waals surface area contributed by atoms with Crippen molar-refractivity contribution in [2.45, 2.75) is 13.5 Å². The molecule has 0 aliphatic rings. The van der Waals surface area contributed by atoms with Crippen LogP contribution in [0.15, 0.2) is 48.8 Å². The molecule has 1 aromatic carbocycles. The average molecular weight is 272 g/mol. The number of ether oxygens (including phenoxy) is 2. The van der Waals surface area contributed by atoms with Crippen molar-refractivity contribution in [3.05, 3.63) is 59.9 Å². The molecular weight excluding hydrogens is 254 g/mol. The molecular formula is C16H18NO3+. The van der Waals surface area contributed by atoms with Crippen LogP contribution in [-0.2, 0) is 11.3 Å². The van der Waals surface area contributed by atoms with E-state index in [-0.39, 0.29) is 5.97 Å². The van der Waals surface area contributed by atoms with Gasteiger partial charge in [0.05, 0.1) is 7.11 Å². The first kappa shape index (κ1) is 14.1. The SMILES string of the molecule is COC(=O)c1ccc[n+](CCOc2cccc(C)c2)c1. The van der Waals surface area contributed by atoms with Crippen molar-refractivity contribution in [2.24, 2.45) is 0 Å². The van der Waals surface area contributed by atoms with Gasteiger partial charge < -0.3 is 9.47 Å². The molecule has 0 N–H and O–H groups in total. The molecule has 1 aromatic heterocycles. The van der Waals surface area contributed by atoms with Gasteiger partial charge in [0.15, 0.2) is 18.9 Å². The molecule has 0 radical (unpaired) electrons. The number of nitrogens with zero attached hydrogens (tertiary/aromatic N) is 1. The Hall–Kier alpha value is -2.36. The number of pyridine rings is 1. The first-order valence-electron chi connectivity index (χ1n) is 6.46. The molecule has 2 rings (SSSR count). The van der Waals surface area contributed by atoms with E-state index < -0.39 is 0 Å². The lowest BCUT2D eigenvalue weighted by Gasteiger charge is -2.05. The Bertz CT molecular complexity index is 596. The zero-order valence-electron chi connectivity index (χ0n) is 11.7. The molecule has 2 aromatic rings. The second-order valence-electron chi connectivity index (χ2n) is 4.49. The van der Waals surface area contributed by atoms with Crippen LogP contribution in [0.1, 0.15) is 15.9 Å². The summed E-state index contributed by atoms with van der Waals surface area (Å²) < 4.78 is 12.3. The predicted molar refractivity (Wildman–Crippen MR) is 74.7 cm³/mol. The Kier molecular flexibility index (Phi) is 4.71. The van der Waals surface area contributed by atoms with E-state index in [2.05, 4.69) is 0 Å². The number of hydrogen-bond donors (Lipinski definition) is 0. The molecule has 0 aliphatic carbocycles. The monoisotopic (exact) mass is 272 g/mol. The molecule has 0 saturated carbocycles. The molecule has 20 heavy (non-hydrogen) atoms. The Morgan fingerprint density at radius 2 is 2.10 bits per heavy atom. The number of aryl methyl sites for hydroxylation is 1. The summed E-state index contributed by atoms with van der Waals surface area (Å²) in [7, 11) is 1.38. The van der Waals surface area contributed by atoms with Crippen molar-refractivity contribution >= 4 is 5.97 Å². The number of aromatic nitrogens is 1. The summed E-state index contributed by atoms with van der Waals surface area (Å²) in [4.78, 5) is 11.4. The van der Waals surface area contributed by atoms with Crippen LogP contribution in [0.2, 0.25) is 0 Å². The number of esters is 1.